The minimum atomic E-state index is 0.0675. The number of hydrogen-bond donors (Lipinski definition) is 0. The first-order valence-electron chi connectivity index (χ1n) is 17.3. The molecule has 1 aromatic heterocycles. The molecule has 0 aliphatic heterocycles. The van der Waals surface area contributed by atoms with E-state index in [1.54, 1.807) is 0 Å². The Morgan fingerprint density at radius 1 is 0.320 bits per heavy atom. The predicted molar refractivity (Wildman–Crippen MR) is 217 cm³/mol. The maximum atomic E-state index is 2.45. The molecule has 0 radical (unpaired) electrons. The van der Waals surface area contributed by atoms with Crippen molar-refractivity contribution in [2.24, 2.45) is 0 Å². The summed E-state index contributed by atoms with van der Waals surface area (Å²) in [4.78, 5) is 0. The number of rotatable bonds is 5. The highest BCUT2D eigenvalue weighted by atomic mass is 32.1. The number of thiophene rings is 1. The second kappa shape index (κ2) is 11.8. The van der Waals surface area contributed by atoms with Crippen molar-refractivity contribution in [3.8, 4) is 22.3 Å². The molecule has 1 heteroatoms. The van der Waals surface area contributed by atoms with E-state index in [2.05, 4.69) is 188 Å². The van der Waals surface area contributed by atoms with Gasteiger partial charge in [-0.1, -0.05) is 176 Å². The molecule has 0 saturated heterocycles. The van der Waals surface area contributed by atoms with E-state index in [4.69, 9.17) is 0 Å². The summed E-state index contributed by atoms with van der Waals surface area (Å²) in [6, 6.07) is 69.5. The summed E-state index contributed by atoms with van der Waals surface area (Å²) in [5, 5.41) is 10.4. The van der Waals surface area contributed by atoms with E-state index in [1.165, 1.54) is 91.4 Å². The lowest BCUT2D eigenvalue weighted by Gasteiger charge is -2.21. The highest BCUT2D eigenvalue weighted by molar-refractivity contribution is 7.26. The van der Waals surface area contributed by atoms with Crippen LogP contribution < -0.4 is 0 Å². The van der Waals surface area contributed by atoms with Crippen LogP contribution in [0.15, 0.2) is 188 Å². The molecule has 0 aliphatic rings. The van der Waals surface area contributed by atoms with Crippen molar-refractivity contribution in [1.82, 2.24) is 0 Å². The molecule has 0 saturated carbocycles. The Kier molecular flexibility index (Phi) is 6.85. The van der Waals surface area contributed by atoms with Gasteiger partial charge in [-0.25, -0.2) is 0 Å². The zero-order chi connectivity index (χ0) is 33.0. The van der Waals surface area contributed by atoms with Gasteiger partial charge in [-0.15, -0.1) is 11.3 Å². The van der Waals surface area contributed by atoms with Crippen LogP contribution >= 0.6 is 11.3 Å². The van der Waals surface area contributed by atoms with Gasteiger partial charge in [0.05, 0.1) is 0 Å². The minimum absolute atomic E-state index is 0.0675. The van der Waals surface area contributed by atoms with Crippen molar-refractivity contribution in [3.63, 3.8) is 0 Å². The lowest BCUT2D eigenvalue weighted by molar-refractivity contribution is 0.981. The first-order chi connectivity index (χ1) is 24.8. The normalized spacial score (nSPS) is 12.3. The van der Waals surface area contributed by atoms with Gasteiger partial charge < -0.3 is 0 Å². The Morgan fingerprint density at radius 2 is 0.940 bits per heavy atom. The average Bonchev–Trinajstić information content (AvgIpc) is 3.57. The van der Waals surface area contributed by atoms with Crippen molar-refractivity contribution >= 4 is 63.8 Å². The second-order valence-corrected chi connectivity index (χ2v) is 14.3. The molecule has 1 heterocycles. The van der Waals surface area contributed by atoms with E-state index < -0.39 is 0 Å². The van der Waals surface area contributed by atoms with Gasteiger partial charge in [0.1, 0.15) is 0 Å². The maximum absolute atomic E-state index is 2.45. The SMILES string of the molecule is c1ccc(-c2ccc(C(c3cccc(-c4cc5ccccc5c5ccccc45)c3)c3ccc4c(c3)sc3c5ccccc5ccc43)cc2)cc1. The molecule has 234 valence electrons. The van der Waals surface area contributed by atoms with Gasteiger partial charge in [-0.2, -0.15) is 0 Å². The lowest BCUT2D eigenvalue weighted by atomic mass is 9.83. The Hall–Kier alpha value is -6.02. The van der Waals surface area contributed by atoms with Crippen molar-refractivity contribution in [1.29, 1.82) is 0 Å². The van der Waals surface area contributed by atoms with Gasteiger partial charge in [-0.05, 0) is 83.4 Å². The van der Waals surface area contributed by atoms with Crippen LogP contribution in [0.5, 0.6) is 0 Å². The van der Waals surface area contributed by atoms with Gasteiger partial charge in [0.15, 0.2) is 0 Å². The van der Waals surface area contributed by atoms with Gasteiger partial charge in [0, 0.05) is 26.1 Å². The summed E-state index contributed by atoms with van der Waals surface area (Å²) >= 11 is 1.92. The first-order valence-corrected chi connectivity index (χ1v) is 18.1. The molecule has 0 N–H and O–H groups in total. The molecule has 1 atom stereocenters. The van der Waals surface area contributed by atoms with Crippen LogP contribution in [0, 0.1) is 0 Å². The third-order valence-electron chi connectivity index (χ3n) is 10.4. The second-order valence-electron chi connectivity index (χ2n) is 13.3. The van der Waals surface area contributed by atoms with Gasteiger partial charge in [-0.3, -0.25) is 0 Å². The van der Waals surface area contributed by atoms with Crippen LogP contribution in [-0.4, -0.2) is 0 Å². The summed E-state index contributed by atoms with van der Waals surface area (Å²) in [5.74, 6) is 0.0675. The fraction of sp³-hybridized carbons (Fsp3) is 0.0204. The van der Waals surface area contributed by atoms with Crippen molar-refractivity contribution in [2.45, 2.75) is 5.92 Å². The standard InChI is InChI=1S/C49H32S/c1-2-11-32(12-3-1)33-21-23-35(24-22-33)48(39-26-27-44-45-28-25-34-13-4-7-18-41(34)49(45)50-47(44)31-39)38-16-10-15-36(29-38)46-30-37-14-5-6-17-40(37)42-19-8-9-20-43(42)46/h1-31,48H. The molecule has 0 spiro atoms. The third-order valence-corrected chi connectivity index (χ3v) is 11.6. The van der Waals surface area contributed by atoms with Crippen LogP contribution in [-0.2, 0) is 0 Å². The fourth-order valence-electron chi connectivity index (χ4n) is 7.96. The molecule has 9 aromatic carbocycles. The molecule has 0 bridgehead atoms. The van der Waals surface area contributed by atoms with Crippen LogP contribution in [0.2, 0.25) is 0 Å². The summed E-state index contributed by atoms with van der Waals surface area (Å²) < 4.78 is 2.70. The fourth-order valence-corrected chi connectivity index (χ4v) is 9.24. The molecule has 10 aromatic rings. The molecule has 0 amide bonds. The highest BCUT2D eigenvalue weighted by Gasteiger charge is 2.20. The van der Waals surface area contributed by atoms with E-state index in [0.717, 1.165) is 0 Å². The summed E-state index contributed by atoms with van der Waals surface area (Å²) in [6.07, 6.45) is 0. The molecule has 0 fully saturated rings. The Labute approximate surface area is 295 Å². The van der Waals surface area contributed by atoms with Crippen LogP contribution in [0.1, 0.15) is 22.6 Å². The first kappa shape index (κ1) is 28.9. The minimum Gasteiger partial charge on any atom is -0.135 e. The maximum Gasteiger partial charge on any atom is 0.0433 e. The zero-order valence-electron chi connectivity index (χ0n) is 27.4. The Bertz CT molecular complexity index is 2860. The highest BCUT2D eigenvalue weighted by Crippen LogP contribution is 2.43. The van der Waals surface area contributed by atoms with E-state index >= 15 is 0 Å². The van der Waals surface area contributed by atoms with E-state index in [-0.39, 0.29) is 5.92 Å². The quantitative estimate of drug-likeness (QED) is 0.128. The number of benzene rings is 9. The van der Waals surface area contributed by atoms with Crippen molar-refractivity contribution in [2.75, 3.05) is 0 Å². The molecule has 50 heavy (non-hydrogen) atoms. The van der Waals surface area contributed by atoms with Gasteiger partial charge >= 0.3 is 0 Å². The third kappa shape index (κ3) is 4.82. The van der Waals surface area contributed by atoms with Crippen LogP contribution in [0.25, 0.3) is 74.7 Å². The Morgan fingerprint density at radius 3 is 1.78 bits per heavy atom. The zero-order valence-corrected chi connectivity index (χ0v) is 28.2. The topological polar surface area (TPSA) is 0 Å². The number of hydrogen-bond acceptors (Lipinski definition) is 1. The van der Waals surface area contributed by atoms with Gasteiger partial charge in [0.2, 0.25) is 0 Å². The van der Waals surface area contributed by atoms with Gasteiger partial charge in [0.25, 0.3) is 0 Å². The molecule has 0 nitrogen and oxygen atoms in total. The van der Waals surface area contributed by atoms with Crippen LogP contribution in [0.3, 0.4) is 0 Å². The Balaban J connectivity index is 1.16. The van der Waals surface area contributed by atoms with E-state index in [1.807, 2.05) is 11.3 Å². The molecular formula is C49H32S. The predicted octanol–water partition coefficient (Wildman–Crippen LogP) is 14.0. The molecule has 10 rings (SSSR count). The van der Waals surface area contributed by atoms with Crippen LogP contribution in [0.4, 0.5) is 0 Å². The summed E-state index contributed by atoms with van der Waals surface area (Å²) in [7, 11) is 0. The summed E-state index contributed by atoms with van der Waals surface area (Å²) in [5.41, 5.74) is 8.86. The smallest absolute Gasteiger partial charge is 0.0433 e. The number of fused-ring (bicyclic) bond motifs is 8. The molecule has 1 unspecified atom stereocenters. The molecular weight excluding hydrogens is 621 g/mol. The van der Waals surface area contributed by atoms with E-state index in [9.17, 15) is 0 Å². The molecule has 0 aliphatic carbocycles. The lowest BCUT2D eigenvalue weighted by Crippen LogP contribution is -2.04. The van der Waals surface area contributed by atoms with E-state index in [0.29, 0.717) is 0 Å². The van der Waals surface area contributed by atoms with Crippen molar-refractivity contribution < 1.29 is 0 Å². The summed E-state index contributed by atoms with van der Waals surface area (Å²) in [6.45, 7) is 0. The largest absolute Gasteiger partial charge is 0.135 e. The monoisotopic (exact) mass is 652 g/mol. The average molecular weight is 653 g/mol. The van der Waals surface area contributed by atoms with Crippen molar-refractivity contribution in [3.05, 3.63) is 205 Å².